The van der Waals surface area contributed by atoms with Crippen LogP contribution in [0, 0.1) is 18.6 Å². The fourth-order valence-corrected chi connectivity index (χ4v) is 2.20. The normalized spacial score (nSPS) is 17.9. The van der Waals surface area contributed by atoms with E-state index in [0.717, 1.165) is 6.07 Å². The highest BCUT2D eigenvalue weighted by Gasteiger charge is 2.49. The standard InChI is InChI=1S/C12H12F2O2/c1-7-3-4-8(13)9(10(7)14)12(11(15)16)5-2-6-12/h3-4H,2,5-6H2,1H3,(H,15,16). The lowest BCUT2D eigenvalue weighted by Gasteiger charge is -2.38. The summed E-state index contributed by atoms with van der Waals surface area (Å²) in [6.07, 6.45) is 1.30. The number of carboxylic acids is 1. The first-order valence-corrected chi connectivity index (χ1v) is 5.17. The summed E-state index contributed by atoms with van der Waals surface area (Å²) in [4.78, 5) is 11.2. The zero-order valence-corrected chi connectivity index (χ0v) is 8.89. The number of carbonyl (C=O) groups is 1. The van der Waals surface area contributed by atoms with E-state index < -0.39 is 23.0 Å². The van der Waals surface area contributed by atoms with E-state index in [4.69, 9.17) is 5.11 Å². The van der Waals surface area contributed by atoms with Crippen LogP contribution in [0.3, 0.4) is 0 Å². The smallest absolute Gasteiger partial charge is 0.314 e. The maximum atomic E-state index is 13.8. The third-order valence-electron chi connectivity index (χ3n) is 3.38. The molecular weight excluding hydrogens is 214 g/mol. The number of halogens is 2. The Morgan fingerprint density at radius 1 is 1.38 bits per heavy atom. The molecular formula is C12H12F2O2. The third kappa shape index (κ3) is 1.32. The summed E-state index contributed by atoms with van der Waals surface area (Å²) in [5.74, 6) is -2.62. The first-order chi connectivity index (χ1) is 7.49. The Bertz CT molecular complexity index is 451. The molecule has 0 atom stereocenters. The Balaban J connectivity index is 2.63. The Morgan fingerprint density at radius 3 is 2.44 bits per heavy atom. The summed E-state index contributed by atoms with van der Waals surface area (Å²) in [7, 11) is 0. The summed E-state index contributed by atoms with van der Waals surface area (Å²) in [5.41, 5.74) is -1.34. The van der Waals surface area contributed by atoms with Crippen LogP contribution in [0.4, 0.5) is 8.78 Å². The number of benzene rings is 1. The lowest BCUT2D eigenvalue weighted by Crippen LogP contribution is -2.44. The van der Waals surface area contributed by atoms with E-state index in [1.165, 1.54) is 13.0 Å². The van der Waals surface area contributed by atoms with Crippen LogP contribution in [-0.2, 0) is 10.2 Å². The molecule has 1 aliphatic carbocycles. The quantitative estimate of drug-likeness (QED) is 0.841. The molecule has 0 unspecified atom stereocenters. The van der Waals surface area contributed by atoms with Crippen LogP contribution in [0.5, 0.6) is 0 Å². The maximum absolute atomic E-state index is 13.8. The summed E-state index contributed by atoms with van der Waals surface area (Å²) in [6.45, 7) is 1.51. The fourth-order valence-electron chi connectivity index (χ4n) is 2.20. The van der Waals surface area contributed by atoms with Gasteiger partial charge in [0.25, 0.3) is 0 Å². The molecule has 0 saturated heterocycles. The van der Waals surface area contributed by atoms with Crippen molar-refractivity contribution in [1.82, 2.24) is 0 Å². The Morgan fingerprint density at radius 2 is 2.00 bits per heavy atom. The predicted octanol–water partition coefficient (Wildman–Crippen LogP) is 2.78. The van der Waals surface area contributed by atoms with E-state index in [0.29, 0.717) is 19.3 Å². The van der Waals surface area contributed by atoms with Crippen molar-refractivity contribution in [3.8, 4) is 0 Å². The minimum atomic E-state index is -1.35. The number of rotatable bonds is 2. The molecule has 0 bridgehead atoms. The van der Waals surface area contributed by atoms with E-state index in [1.54, 1.807) is 0 Å². The first-order valence-electron chi connectivity index (χ1n) is 5.17. The Kier molecular flexibility index (Phi) is 2.45. The van der Waals surface area contributed by atoms with Gasteiger partial charge in [0.05, 0.1) is 5.41 Å². The van der Waals surface area contributed by atoms with Crippen LogP contribution in [0.25, 0.3) is 0 Å². The number of hydrogen-bond donors (Lipinski definition) is 1. The summed E-state index contributed by atoms with van der Waals surface area (Å²) >= 11 is 0. The molecule has 0 heterocycles. The Hall–Kier alpha value is -1.45. The van der Waals surface area contributed by atoms with Crippen molar-refractivity contribution in [2.75, 3.05) is 0 Å². The SMILES string of the molecule is Cc1ccc(F)c(C2(C(=O)O)CCC2)c1F. The predicted molar refractivity (Wildman–Crippen MR) is 54.3 cm³/mol. The topological polar surface area (TPSA) is 37.3 Å². The minimum absolute atomic E-state index is 0.272. The highest BCUT2D eigenvalue weighted by Crippen LogP contribution is 2.46. The van der Waals surface area contributed by atoms with Crippen molar-refractivity contribution in [3.05, 3.63) is 34.9 Å². The molecule has 1 saturated carbocycles. The van der Waals surface area contributed by atoms with Crippen LogP contribution >= 0.6 is 0 Å². The van der Waals surface area contributed by atoms with Gasteiger partial charge < -0.3 is 5.11 Å². The van der Waals surface area contributed by atoms with Gasteiger partial charge in [-0.2, -0.15) is 0 Å². The van der Waals surface area contributed by atoms with E-state index in [1.807, 2.05) is 0 Å². The molecule has 4 heteroatoms. The second-order valence-electron chi connectivity index (χ2n) is 4.29. The van der Waals surface area contributed by atoms with Crippen LogP contribution in [0.2, 0.25) is 0 Å². The van der Waals surface area contributed by atoms with Crippen molar-refractivity contribution in [1.29, 1.82) is 0 Å². The van der Waals surface area contributed by atoms with Crippen molar-refractivity contribution < 1.29 is 18.7 Å². The molecule has 0 aliphatic heterocycles. The number of hydrogen-bond acceptors (Lipinski definition) is 1. The summed E-state index contributed by atoms with van der Waals surface area (Å²) in [6, 6.07) is 2.46. The van der Waals surface area contributed by atoms with Crippen LogP contribution in [0.15, 0.2) is 12.1 Å². The largest absolute Gasteiger partial charge is 0.481 e. The lowest BCUT2D eigenvalue weighted by molar-refractivity contribution is -0.147. The van der Waals surface area contributed by atoms with Crippen LogP contribution in [-0.4, -0.2) is 11.1 Å². The monoisotopic (exact) mass is 226 g/mol. The second-order valence-corrected chi connectivity index (χ2v) is 4.29. The van der Waals surface area contributed by atoms with Gasteiger partial charge >= 0.3 is 5.97 Å². The average molecular weight is 226 g/mol. The van der Waals surface area contributed by atoms with Crippen LogP contribution in [0.1, 0.15) is 30.4 Å². The van der Waals surface area contributed by atoms with Gasteiger partial charge in [0.15, 0.2) is 0 Å². The van der Waals surface area contributed by atoms with Gasteiger partial charge in [0.2, 0.25) is 0 Å². The minimum Gasteiger partial charge on any atom is -0.481 e. The fraction of sp³-hybridized carbons (Fsp3) is 0.417. The number of aliphatic carboxylic acids is 1. The van der Waals surface area contributed by atoms with Gasteiger partial charge in [-0.25, -0.2) is 8.78 Å². The van der Waals surface area contributed by atoms with Crippen LogP contribution < -0.4 is 0 Å². The van der Waals surface area contributed by atoms with Gasteiger partial charge in [-0.05, 0) is 31.4 Å². The molecule has 2 nitrogen and oxygen atoms in total. The molecule has 0 amide bonds. The molecule has 0 spiro atoms. The van der Waals surface area contributed by atoms with E-state index in [-0.39, 0.29) is 11.1 Å². The van der Waals surface area contributed by atoms with Crippen molar-refractivity contribution >= 4 is 5.97 Å². The van der Waals surface area contributed by atoms with Crippen molar-refractivity contribution in [2.45, 2.75) is 31.6 Å². The molecule has 0 radical (unpaired) electrons. The van der Waals surface area contributed by atoms with Gasteiger partial charge in [-0.15, -0.1) is 0 Å². The number of carboxylic acid groups (broad SMARTS) is 1. The zero-order valence-electron chi connectivity index (χ0n) is 8.89. The molecule has 16 heavy (non-hydrogen) atoms. The second kappa shape index (κ2) is 3.54. The van der Waals surface area contributed by atoms with E-state index in [2.05, 4.69) is 0 Å². The van der Waals surface area contributed by atoms with E-state index in [9.17, 15) is 13.6 Å². The molecule has 86 valence electrons. The molecule has 0 aromatic heterocycles. The average Bonchev–Trinajstić information content (AvgIpc) is 2.15. The van der Waals surface area contributed by atoms with Gasteiger partial charge in [-0.1, -0.05) is 12.5 Å². The van der Waals surface area contributed by atoms with Gasteiger partial charge in [0, 0.05) is 5.56 Å². The molecule has 1 aliphatic rings. The van der Waals surface area contributed by atoms with Gasteiger partial charge in [0.1, 0.15) is 11.6 Å². The van der Waals surface area contributed by atoms with Gasteiger partial charge in [-0.3, -0.25) is 4.79 Å². The highest BCUT2D eigenvalue weighted by molar-refractivity contribution is 5.82. The molecule has 1 aromatic rings. The lowest BCUT2D eigenvalue weighted by atomic mass is 9.64. The molecule has 2 rings (SSSR count). The maximum Gasteiger partial charge on any atom is 0.314 e. The highest BCUT2D eigenvalue weighted by atomic mass is 19.1. The van der Waals surface area contributed by atoms with E-state index >= 15 is 0 Å². The first kappa shape index (κ1) is 11.0. The van der Waals surface area contributed by atoms with Crippen molar-refractivity contribution in [3.63, 3.8) is 0 Å². The molecule has 1 fully saturated rings. The zero-order chi connectivity index (χ0) is 11.9. The van der Waals surface area contributed by atoms with Crippen molar-refractivity contribution in [2.24, 2.45) is 0 Å². The number of aryl methyl sites for hydroxylation is 1. The Labute approximate surface area is 91.9 Å². The summed E-state index contributed by atoms with van der Waals surface area (Å²) in [5, 5.41) is 9.14. The molecule has 1 aromatic carbocycles. The molecule has 1 N–H and O–H groups in total. The third-order valence-corrected chi connectivity index (χ3v) is 3.38. The summed E-state index contributed by atoms with van der Waals surface area (Å²) < 4.78 is 27.4.